The molecule has 1 aliphatic carbocycles. The molecule has 0 amide bonds. The maximum atomic E-state index is 12.9. The van der Waals surface area contributed by atoms with Crippen LogP contribution in [0.2, 0.25) is 0 Å². The molecule has 1 aliphatic rings. The van der Waals surface area contributed by atoms with E-state index in [0.29, 0.717) is 5.03 Å². The number of carbonyl (C=O) groups is 1. The summed E-state index contributed by atoms with van der Waals surface area (Å²) in [6.45, 7) is 1.35. The minimum Gasteiger partial charge on any atom is -0.481 e. The Balaban J connectivity index is 2.39. The Labute approximate surface area is 118 Å². The van der Waals surface area contributed by atoms with Gasteiger partial charge in [0.25, 0.3) is 0 Å². The third-order valence-corrected chi connectivity index (χ3v) is 4.52. The molecule has 1 saturated carbocycles. The number of aliphatic carboxylic acids is 1. The van der Waals surface area contributed by atoms with Gasteiger partial charge in [0.2, 0.25) is 0 Å². The van der Waals surface area contributed by atoms with Gasteiger partial charge in [0.15, 0.2) is 5.69 Å². The molecule has 2 rings (SSSR count). The molecule has 1 heterocycles. The average molecular weight is 308 g/mol. The van der Waals surface area contributed by atoms with E-state index < -0.39 is 17.8 Å². The predicted octanol–water partition coefficient (Wildman–Crippen LogP) is 3.50. The Kier molecular flexibility index (Phi) is 4.31. The van der Waals surface area contributed by atoms with Gasteiger partial charge in [-0.05, 0) is 19.8 Å². The zero-order valence-electron chi connectivity index (χ0n) is 10.9. The van der Waals surface area contributed by atoms with Crippen molar-refractivity contribution in [1.29, 1.82) is 0 Å². The van der Waals surface area contributed by atoms with Crippen molar-refractivity contribution in [3.8, 4) is 0 Å². The lowest BCUT2D eigenvalue weighted by Crippen LogP contribution is -2.12. The summed E-state index contributed by atoms with van der Waals surface area (Å²) in [5, 5.41) is 12.8. The number of rotatable bonds is 4. The van der Waals surface area contributed by atoms with Crippen LogP contribution in [0.4, 0.5) is 13.2 Å². The SMILES string of the molecule is Cc1c(C(F)(F)F)nn(C2CCCC2)c1SCC(=O)O. The van der Waals surface area contributed by atoms with E-state index in [1.165, 1.54) is 11.6 Å². The molecule has 0 atom stereocenters. The predicted molar refractivity (Wildman–Crippen MR) is 67.8 cm³/mol. The van der Waals surface area contributed by atoms with E-state index in [4.69, 9.17) is 5.11 Å². The molecule has 8 heteroatoms. The van der Waals surface area contributed by atoms with Gasteiger partial charge in [-0.1, -0.05) is 24.6 Å². The highest BCUT2D eigenvalue weighted by molar-refractivity contribution is 7.99. The van der Waals surface area contributed by atoms with E-state index in [-0.39, 0.29) is 17.4 Å². The maximum absolute atomic E-state index is 12.9. The van der Waals surface area contributed by atoms with Crippen LogP contribution in [0.25, 0.3) is 0 Å². The summed E-state index contributed by atoms with van der Waals surface area (Å²) in [6, 6.07) is -0.0545. The molecule has 1 aromatic heterocycles. The number of hydrogen-bond acceptors (Lipinski definition) is 3. The van der Waals surface area contributed by atoms with Gasteiger partial charge in [-0.15, -0.1) is 0 Å². The van der Waals surface area contributed by atoms with Gasteiger partial charge in [0, 0.05) is 5.56 Å². The van der Waals surface area contributed by atoms with Gasteiger partial charge in [0.1, 0.15) is 0 Å². The molecule has 0 radical (unpaired) electrons. The van der Waals surface area contributed by atoms with E-state index in [1.54, 1.807) is 0 Å². The Morgan fingerprint density at radius 2 is 2.05 bits per heavy atom. The number of hydrogen-bond donors (Lipinski definition) is 1. The topological polar surface area (TPSA) is 55.1 Å². The summed E-state index contributed by atoms with van der Waals surface area (Å²) in [4.78, 5) is 10.6. The standard InChI is InChI=1S/C12H15F3N2O2S/c1-7-10(12(13,14)15)16-17(8-4-2-3-5-8)11(7)20-6-9(18)19/h8H,2-6H2,1H3,(H,18,19). The highest BCUT2D eigenvalue weighted by atomic mass is 32.2. The first-order chi connectivity index (χ1) is 9.30. The zero-order chi connectivity index (χ0) is 14.9. The lowest BCUT2D eigenvalue weighted by molar-refractivity contribution is -0.142. The fraction of sp³-hybridized carbons (Fsp3) is 0.667. The second-order valence-electron chi connectivity index (χ2n) is 4.84. The summed E-state index contributed by atoms with van der Waals surface area (Å²) >= 11 is 0.906. The minimum absolute atomic E-state index is 0.0237. The van der Waals surface area contributed by atoms with Crippen LogP contribution < -0.4 is 0 Å². The molecule has 1 aromatic rings. The van der Waals surface area contributed by atoms with Crippen molar-refractivity contribution in [2.45, 2.75) is 49.9 Å². The van der Waals surface area contributed by atoms with Crippen molar-refractivity contribution in [2.75, 3.05) is 5.75 Å². The number of carboxylic acid groups (broad SMARTS) is 1. The number of halogens is 3. The van der Waals surface area contributed by atoms with Crippen LogP contribution in [-0.2, 0) is 11.0 Å². The highest BCUT2D eigenvalue weighted by Gasteiger charge is 2.39. The lowest BCUT2D eigenvalue weighted by Gasteiger charge is -2.13. The average Bonchev–Trinajstić information content (AvgIpc) is 2.92. The Hall–Kier alpha value is -1.18. The molecule has 0 spiro atoms. The van der Waals surface area contributed by atoms with Crippen LogP contribution in [0, 0.1) is 6.92 Å². The van der Waals surface area contributed by atoms with Gasteiger partial charge in [-0.3, -0.25) is 9.48 Å². The van der Waals surface area contributed by atoms with Crippen molar-refractivity contribution in [3.63, 3.8) is 0 Å². The Morgan fingerprint density at radius 3 is 2.55 bits per heavy atom. The molecule has 1 N–H and O–H groups in total. The fourth-order valence-electron chi connectivity index (χ4n) is 2.47. The molecule has 0 unspecified atom stereocenters. The number of alkyl halides is 3. The molecule has 0 aromatic carbocycles. The smallest absolute Gasteiger partial charge is 0.435 e. The number of aromatic nitrogens is 2. The second kappa shape index (κ2) is 5.67. The zero-order valence-corrected chi connectivity index (χ0v) is 11.7. The van der Waals surface area contributed by atoms with Crippen LogP contribution in [0.15, 0.2) is 5.03 Å². The van der Waals surface area contributed by atoms with E-state index in [9.17, 15) is 18.0 Å². The van der Waals surface area contributed by atoms with E-state index >= 15 is 0 Å². The van der Waals surface area contributed by atoms with Crippen molar-refractivity contribution in [1.82, 2.24) is 9.78 Å². The van der Waals surface area contributed by atoms with Crippen molar-refractivity contribution in [3.05, 3.63) is 11.3 Å². The van der Waals surface area contributed by atoms with Crippen LogP contribution in [0.5, 0.6) is 0 Å². The van der Waals surface area contributed by atoms with Crippen LogP contribution in [0.3, 0.4) is 0 Å². The molecule has 1 fully saturated rings. The first-order valence-corrected chi connectivity index (χ1v) is 7.30. The molecular formula is C12H15F3N2O2S. The summed E-state index contributed by atoms with van der Waals surface area (Å²) < 4.78 is 40.2. The summed E-state index contributed by atoms with van der Waals surface area (Å²) in [5.41, 5.74) is -0.882. The third kappa shape index (κ3) is 3.11. The third-order valence-electron chi connectivity index (χ3n) is 3.36. The fourth-order valence-corrected chi connectivity index (χ4v) is 3.37. The highest BCUT2D eigenvalue weighted by Crippen LogP contribution is 2.39. The summed E-state index contributed by atoms with van der Waals surface area (Å²) in [7, 11) is 0. The van der Waals surface area contributed by atoms with Gasteiger partial charge in [-0.2, -0.15) is 18.3 Å². The van der Waals surface area contributed by atoms with Crippen molar-refractivity contribution >= 4 is 17.7 Å². The van der Waals surface area contributed by atoms with Crippen LogP contribution in [0.1, 0.15) is 43.0 Å². The van der Waals surface area contributed by atoms with Gasteiger partial charge in [-0.25, -0.2) is 0 Å². The van der Waals surface area contributed by atoms with Crippen LogP contribution >= 0.6 is 11.8 Å². The Morgan fingerprint density at radius 1 is 1.45 bits per heavy atom. The van der Waals surface area contributed by atoms with Gasteiger partial charge in [0.05, 0.1) is 16.8 Å². The molecule has 112 valence electrons. The summed E-state index contributed by atoms with van der Waals surface area (Å²) in [5.74, 6) is -1.32. The molecule has 4 nitrogen and oxygen atoms in total. The normalized spacial score (nSPS) is 16.8. The molecule has 0 aliphatic heterocycles. The first-order valence-electron chi connectivity index (χ1n) is 6.31. The lowest BCUT2D eigenvalue weighted by atomic mass is 10.2. The number of carboxylic acids is 1. The van der Waals surface area contributed by atoms with Crippen molar-refractivity contribution < 1.29 is 23.1 Å². The molecular weight excluding hydrogens is 293 g/mol. The maximum Gasteiger partial charge on any atom is 0.435 e. The quantitative estimate of drug-likeness (QED) is 0.865. The van der Waals surface area contributed by atoms with Crippen molar-refractivity contribution in [2.24, 2.45) is 0 Å². The van der Waals surface area contributed by atoms with Crippen LogP contribution in [-0.4, -0.2) is 26.6 Å². The number of thioether (sulfide) groups is 1. The van der Waals surface area contributed by atoms with E-state index in [1.807, 2.05) is 0 Å². The summed E-state index contributed by atoms with van der Waals surface area (Å²) in [6.07, 6.45) is -0.994. The van der Waals surface area contributed by atoms with Gasteiger partial charge >= 0.3 is 12.1 Å². The second-order valence-corrected chi connectivity index (χ2v) is 5.81. The minimum atomic E-state index is -4.51. The molecule has 20 heavy (non-hydrogen) atoms. The molecule has 0 saturated heterocycles. The van der Waals surface area contributed by atoms with E-state index in [2.05, 4.69) is 5.10 Å². The van der Waals surface area contributed by atoms with E-state index in [0.717, 1.165) is 37.4 Å². The largest absolute Gasteiger partial charge is 0.481 e. The first kappa shape index (κ1) is 15.2. The Bertz CT molecular complexity index is 508. The van der Waals surface area contributed by atoms with Gasteiger partial charge < -0.3 is 5.11 Å². The monoisotopic (exact) mass is 308 g/mol. The number of nitrogens with zero attached hydrogens (tertiary/aromatic N) is 2. The molecule has 0 bridgehead atoms.